The summed E-state index contributed by atoms with van der Waals surface area (Å²) in [4.78, 5) is 3.42. The van der Waals surface area contributed by atoms with Crippen LogP contribution in [0.1, 0.15) is 6.92 Å². The monoisotopic (exact) mass is 170 g/mol. The Morgan fingerprint density at radius 1 is 1.67 bits per heavy atom. The Kier molecular flexibility index (Phi) is 2.99. The molecule has 0 aliphatic carbocycles. The number of hydrogen-bond acceptors (Lipinski definition) is 3. The molecule has 1 rings (SSSR count). The van der Waals surface area contributed by atoms with Crippen molar-refractivity contribution in [1.82, 2.24) is 4.98 Å². The first-order valence-electron chi connectivity index (χ1n) is 3.68. The molecule has 3 nitrogen and oxygen atoms in total. The number of ether oxygens (including phenoxy) is 1. The van der Waals surface area contributed by atoms with Gasteiger partial charge in [0.05, 0.1) is 6.20 Å². The standard InChI is InChI=1S/C8H11FN2O/c1-6(10)5-12-7-2-3-8(9)11-4-7/h2-4,6H,5,10H2,1H3/t6-/m1/s1. The van der Waals surface area contributed by atoms with Crippen LogP contribution in [0.25, 0.3) is 0 Å². The molecule has 66 valence electrons. The van der Waals surface area contributed by atoms with Gasteiger partial charge < -0.3 is 10.5 Å². The summed E-state index contributed by atoms with van der Waals surface area (Å²) in [5.41, 5.74) is 5.45. The van der Waals surface area contributed by atoms with Crippen LogP contribution in [0.15, 0.2) is 18.3 Å². The van der Waals surface area contributed by atoms with E-state index in [0.717, 1.165) is 0 Å². The number of rotatable bonds is 3. The minimum Gasteiger partial charge on any atom is -0.490 e. The van der Waals surface area contributed by atoms with Crippen LogP contribution in [0.2, 0.25) is 0 Å². The van der Waals surface area contributed by atoms with Crippen molar-refractivity contribution in [2.75, 3.05) is 6.61 Å². The highest BCUT2D eigenvalue weighted by Gasteiger charge is 1.97. The van der Waals surface area contributed by atoms with Gasteiger partial charge in [0, 0.05) is 6.04 Å². The highest BCUT2D eigenvalue weighted by Crippen LogP contribution is 2.07. The van der Waals surface area contributed by atoms with E-state index in [9.17, 15) is 4.39 Å². The van der Waals surface area contributed by atoms with Crippen LogP contribution in [0.3, 0.4) is 0 Å². The van der Waals surface area contributed by atoms with E-state index in [4.69, 9.17) is 10.5 Å². The zero-order valence-corrected chi connectivity index (χ0v) is 6.83. The number of pyridine rings is 1. The number of halogens is 1. The van der Waals surface area contributed by atoms with E-state index in [2.05, 4.69) is 4.98 Å². The molecule has 0 fully saturated rings. The summed E-state index contributed by atoms with van der Waals surface area (Å²) in [6, 6.07) is 2.73. The third-order valence-corrected chi connectivity index (χ3v) is 1.21. The number of hydrogen-bond donors (Lipinski definition) is 1. The predicted octanol–water partition coefficient (Wildman–Crippen LogP) is 0.947. The summed E-state index contributed by atoms with van der Waals surface area (Å²) in [7, 11) is 0. The fourth-order valence-corrected chi connectivity index (χ4v) is 0.675. The first-order valence-corrected chi connectivity index (χ1v) is 3.68. The Morgan fingerprint density at radius 3 is 2.92 bits per heavy atom. The minimum atomic E-state index is -0.511. The van der Waals surface area contributed by atoms with Gasteiger partial charge in [0.2, 0.25) is 5.95 Å². The van der Waals surface area contributed by atoms with Crippen molar-refractivity contribution in [2.45, 2.75) is 13.0 Å². The van der Waals surface area contributed by atoms with Crippen LogP contribution in [0.5, 0.6) is 5.75 Å². The smallest absolute Gasteiger partial charge is 0.213 e. The van der Waals surface area contributed by atoms with Crippen molar-refractivity contribution in [3.63, 3.8) is 0 Å². The summed E-state index contributed by atoms with van der Waals surface area (Å²) >= 11 is 0. The summed E-state index contributed by atoms with van der Waals surface area (Å²) in [5, 5.41) is 0. The molecule has 1 aromatic rings. The molecule has 12 heavy (non-hydrogen) atoms. The SMILES string of the molecule is C[C@@H](N)COc1ccc(F)nc1. The molecule has 4 heteroatoms. The molecule has 1 atom stereocenters. The van der Waals surface area contributed by atoms with Gasteiger partial charge in [-0.05, 0) is 19.1 Å². The maximum absolute atomic E-state index is 12.3. The van der Waals surface area contributed by atoms with Crippen LogP contribution in [-0.4, -0.2) is 17.6 Å². The predicted molar refractivity (Wildman–Crippen MR) is 43.3 cm³/mol. The normalized spacial score (nSPS) is 12.6. The van der Waals surface area contributed by atoms with E-state index in [1.165, 1.54) is 18.3 Å². The Balaban J connectivity index is 2.48. The zero-order valence-electron chi connectivity index (χ0n) is 6.83. The van der Waals surface area contributed by atoms with E-state index < -0.39 is 5.95 Å². The first kappa shape index (κ1) is 8.93. The Bertz CT molecular complexity index is 235. The molecule has 0 bridgehead atoms. The Morgan fingerprint density at radius 2 is 2.42 bits per heavy atom. The van der Waals surface area contributed by atoms with Crippen molar-refractivity contribution >= 4 is 0 Å². The van der Waals surface area contributed by atoms with Gasteiger partial charge in [0.15, 0.2) is 0 Å². The first-order chi connectivity index (χ1) is 5.68. The van der Waals surface area contributed by atoms with E-state index in [1.54, 1.807) is 0 Å². The van der Waals surface area contributed by atoms with Crippen molar-refractivity contribution in [3.8, 4) is 5.75 Å². The van der Waals surface area contributed by atoms with Gasteiger partial charge in [-0.3, -0.25) is 0 Å². The minimum absolute atomic E-state index is 0.0324. The van der Waals surface area contributed by atoms with Crippen molar-refractivity contribution in [1.29, 1.82) is 0 Å². The zero-order chi connectivity index (χ0) is 8.97. The van der Waals surface area contributed by atoms with Crippen molar-refractivity contribution in [2.24, 2.45) is 5.73 Å². The lowest BCUT2D eigenvalue weighted by Crippen LogP contribution is -2.23. The van der Waals surface area contributed by atoms with Crippen molar-refractivity contribution < 1.29 is 9.13 Å². The molecular formula is C8H11FN2O. The molecule has 0 aliphatic rings. The average Bonchev–Trinajstić information content (AvgIpc) is 2.03. The summed E-state index contributed by atoms with van der Waals surface area (Å²) in [5.74, 6) is 0.0249. The molecule has 2 N–H and O–H groups in total. The molecule has 0 amide bonds. The largest absolute Gasteiger partial charge is 0.490 e. The molecule has 0 unspecified atom stereocenters. The lowest BCUT2D eigenvalue weighted by molar-refractivity contribution is 0.294. The van der Waals surface area contributed by atoms with E-state index >= 15 is 0 Å². The highest BCUT2D eigenvalue weighted by molar-refractivity contribution is 5.16. The average molecular weight is 170 g/mol. The van der Waals surface area contributed by atoms with Gasteiger partial charge in [-0.1, -0.05) is 0 Å². The van der Waals surface area contributed by atoms with Gasteiger partial charge in [0.1, 0.15) is 12.4 Å². The number of nitrogens with zero attached hydrogens (tertiary/aromatic N) is 1. The third kappa shape index (κ3) is 2.84. The Hall–Kier alpha value is -1.16. The summed E-state index contributed by atoms with van der Waals surface area (Å²) < 4.78 is 17.5. The lowest BCUT2D eigenvalue weighted by Gasteiger charge is -2.07. The molecule has 0 spiro atoms. The molecule has 0 radical (unpaired) electrons. The second-order valence-electron chi connectivity index (χ2n) is 2.60. The highest BCUT2D eigenvalue weighted by atomic mass is 19.1. The molecule has 1 aromatic heterocycles. The molecule has 0 saturated heterocycles. The summed E-state index contributed by atoms with van der Waals surface area (Å²) in [6.45, 7) is 2.24. The Labute approximate surface area is 70.4 Å². The van der Waals surface area contributed by atoms with Gasteiger partial charge >= 0.3 is 0 Å². The van der Waals surface area contributed by atoms with Gasteiger partial charge in [-0.25, -0.2) is 4.98 Å². The number of aromatic nitrogens is 1. The van der Waals surface area contributed by atoms with Crippen LogP contribution in [0.4, 0.5) is 4.39 Å². The summed E-state index contributed by atoms with van der Waals surface area (Å²) in [6.07, 6.45) is 1.33. The maximum Gasteiger partial charge on any atom is 0.213 e. The fourth-order valence-electron chi connectivity index (χ4n) is 0.675. The van der Waals surface area contributed by atoms with Crippen molar-refractivity contribution in [3.05, 3.63) is 24.3 Å². The fraction of sp³-hybridized carbons (Fsp3) is 0.375. The maximum atomic E-state index is 12.3. The lowest BCUT2D eigenvalue weighted by atomic mass is 10.4. The molecule has 1 heterocycles. The van der Waals surface area contributed by atoms with E-state index in [1.807, 2.05) is 6.92 Å². The molecule has 0 aliphatic heterocycles. The quantitative estimate of drug-likeness (QED) is 0.687. The number of nitrogens with two attached hydrogens (primary N) is 1. The van der Waals surface area contributed by atoms with Crippen LogP contribution in [0, 0.1) is 5.95 Å². The van der Waals surface area contributed by atoms with Crippen LogP contribution < -0.4 is 10.5 Å². The van der Waals surface area contributed by atoms with Gasteiger partial charge in [0.25, 0.3) is 0 Å². The van der Waals surface area contributed by atoms with E-state index in [0.29, 0.717) is 12.4 Å². The third-order valence-electron chi connectivity index (χ3n) is 1.21. The topological polar surface area (TPSA) is 48.1 Å². The second kappa shape index (κ2) is 4.01. The van der Waals surface area contributed by atoms with E-state index in [-0.39, 0.29) is 6.04 Å². The van der Waals surface area contributed by atoms with Crippen LogP contribution in [-0.2, 0) is 0 Å². The molecular weight excluding hydrogens is 159 g/mol. The van der Waals surface area contributed by atoms with Gasteiger partial charge in [-0.2, -0.15) is 4.39 Å². The second-order valence-corrected chi connectivity index (χ2v) is 2.60. The van der Waals surface area contributed by atoms with Gasteiger partial charge in [-0.15, -0.1) is 0 Å². The van der Waals surface area contributed by atoms with Crippen LogP contribution >= 0.6 is 0 Å². The molecule has 0 saturated carbocycles. The molecule has 0 aromatic carbocycles.